The van der Waals surface area contributed by atoms with Crippen LogP contribution in [-0.4, -0.2) is 40.7 Å². The van der Waals surface area contributed by atoms with Crippen LogP contribution in [0.2, 0.25) is 0 Å². The third-order valence-electron chi connectivity index (χ3n) is 5.21. The standard InChI is InChI=1S/C18H28N4O2/c1-13-20-16(24-21-13)14-9-10-22(11-14)17(23)19-12-18(2,3)15-7-5-4-6-8-15/h7,14H,4-6,8-12H2,1-3H3,(H,19,23)/t14-/m1/s1. The number of carbonyl (C=O) groups is 1. The Hall–Kier alpha value is -1.85. The molecular formula is C18H28N4O2. The quantitative estimate of drug-likeness (QED) is 0.858. The van der Waals surface area contributed by atoms with Gasteiger partial charge in [0, 0.05) is 25.0 Å². The van der Waals surface area contributed by atoms with Crippen LogP contribution >= 0.6 is 0 Å². The molecule has 3 rings (SSSR count). The van der Waals surface area contributed by atoms with E-state index in [4.69, 9.17) is 4.52 Å². The molecule has 1 aliphatic heterocycles. The van der Waals surface area contributed by atoms with Gasteiger partial charge in [0.1, 0.15) is 0 Å². The molecule has 2 heterocycles. The Morgan fingerprint density at radius 1 is 1.46 bits per heavy atom. The predicted octanol–water partition coefficient (Wildman–Crippen LogP) is 3.40. The molecule has 1 saturated heterocycles. The van der Waals surface area contributed by atoms with Crippen molar-refractivity contribution in [1.29, 1.82) is 0 Å². The van der Waals surface area contributed by atoms with E-state index in [0.29, 0.717) is 24.8 Å². The highest BCUT2D eigenvalue weighted by Gasteiger charge is 2.32. The summed E-state index contributed by atoms with van der Waals surface area (Å²) in [5, 5.41) is 6.96. The maximum Gasteiger partial charge on any atom is 0.317 e. The first-order valence-corrected chi connectivity index (χ1v) is 8.98. The number of nitrogens with zero attached hydrogens (tertiary/aromatic N) is 3. The van der Waals surface area contributed by atoms with Crippen molar-refractivity contribution in [2.75, 3.05) is 19.6 Å². The van der Waals surface area contributed by atoms with Crippen LogP contribution in [0.25, 0.3) is 0 Å². The number of hydrogen-bond donors (Lipinski definition) is 1. The molecule has 2 aliphatic rings. The molecule has 0 aromatic carbocycles. The first-order chi connectivity index (χ1) is 11.5. The second-order valence-electron chi connectivity index (χ2n) is 7.63. The van der Waals surface area contributed by atoms with Gasteiger partial charge in [-0.2, -0.15) is 4.98 Å². The molecule has 1 aromatic rings. The number of amides is 2. The fraction of sp³-hybridized carbons (Fsp3) is 0.722. The zero-order chi connectivity index (χ0) is 17.2. The molecule has 0 spiro atoms. The van der Waals surface area contributed by atoms with Crippen LogP contribution in [-0.2, 0) is 0 Å². The molecule has 6 nitrogen and oxygen atoms in total. The average Bonchev–Trinajstić information content (AvgIpc) is 3.22. The Balaban J connectivity index is 1.51. The molecule has 132 valence electrons. The number of allylic oxidation sites excluding steroid dienone is 1. The third kappa shape index (κ3) is 3.79. The van der Waals surface area contributed by atoms with Crippen molar-refractivity contribution in [3.63, 3.8) is 0 Å². The van der Waals surface area contributed by atoms with Gasteiger partial charge in [0.05, 0.1) is 5.92 Å². The summed E-state index contributed by atoms with van der Waals surface area (Å²) in [6.07, 6.45) is 8.12. The van der Waals surface area contributed by atoms with Gasteiger partial charge in [-0.1, -0.05) is 30.7 Å². The number of aryl methyl sites for hydroxylation is 1. The molecule has 0 bridgehead atoms. The van der Waals surface area contributed by atoms with E-state index >= 15 is 0 Å². The highest BCUT2D eigenvalue weighted by molar-refractivity contribution is 5.74. The molecule has 24 heavy (non-hydrogen) atoms. The number of aromatic nitrogens is 2. The van der Waals surface area contributed by atoms with Crippen LogP contribution in [0.4, 0.5) is 4.79 Å². The Morgan fingerprint density at radius 3 is 2.96 bits per heavy atom. The molecule has 1 fully saturated rings. The summed E-state index contributed by atoms with van der Waals surface area (Å²) in [5.41, 5.74) is 1.51. The van der Waals surface area contributed by atoms with Crippen molar-refractivity contribution in [2.45, 2.75) is 58.8 Å². The summed E-state index contributed by atoms with van der Waals surface area (Å²) in [6, 6.07) is 0.0122. The summed E-state index contributed by atoms with van der Waals surface area (Å²) in [4.78, 5) is 18.6. The highest BCUT2D eigenvalue weighted by Crippen LogP contribution is 2.33. The smallest absolute Gasteiger partial charge is 0.317 e. The van der Waals surface area contributed by atoms with E-state index in [1.54, 1.807) is 0 Å². The summed E-state index contributed by atoms with van der Waals surface area (Å²) < 4.78 is 5.24. The van der Waals surface area contributed by atoms with E-state index in [2.05, 4.69) is 35.4 Å². The normalized spacial score (nSPS) is 21.7. The van der Waals surface area contributed by atoms with Crippen LogP contribution in [0.5, 0.6) is 0 Å². The van der Waals surface area contributed by atoms with Gasteiger partial charge in [0.2, 0.25) is 5.89 Å². The summed E-state index contributed by atoms with van der Waals surface area (Å²) in [6.45, 7) is 8.32. The van der Waals surface area contributed by atoms with E-state index in [-0.39, 0.29) is 17.4 Å². The maximum atomic E-state index is 12.5. The van der Waals surface area contributed by atoms with Crippen molar-refractivity contribution in [2.24, 2.45) is 5.41 Å². The van der Waals surface area contributed by atoms with Gasteiger partial charge in [-0.15, -0.1) is 0 Å². The van der Waals surface area contributed by atoms with E-state index in [9.17, 15) is 4.79 Å². The number of urea groups is 1. The van der Waals surface area contributed by atoms with E-state index in [1.807, 2.05) is 11.8 Å². The highest BCUT2D eigenvalue weighted by atomic mass is 16.5. The van der Waals surface area contributed by atoms with Gasteiger partial charge in [-0.05, 0) is 39.0 Å². The van der Waals surface area contributed by atoms with Gasteiger partial charge < -0.3 is 14.7 Å². The Labute approximate surface area is 143 Å². The Bertz CT molecular complexity index is 620. The van der Waals surface area contributed by atoms with Crippen molar-refractivity contribution >= 4 is 6.03 Å². The summed E-state index contributed by atoms with van der Waals surface area (Å²) in [5.74, 6) is 1.46. The van der Waals surface area contributed by atoms with Crippen molar-refractivity contribution in [3.8, 4) is 0 Å². The summed E-state index contributed by atoms with van der Waals surface area (Å²) in [7, 11) is 0. The first kappa shape index (κ1) is 17.0. The van der Waals surface area contributed by atoms with Crippen molar-refractivity contribution < 1.29 is 9.32 Å². The maximum absolute atomic E-state index is 12.5. The lowest BCUT2D eigenvalue weighted by molar-refractivity contribution is 0.203. The molecule has 1 N–H and O–H groups in total. The second-order valence-corrected chi connectivity index (χ2v) is 7.63. The lowest BCUT2D eigenvalue weighted by atomic mass is 9.78. The van der Waals surface area contributed by atoms with E-state index in [0.717, 1.165) is 19.4 Å². The van der Waals surface area contributed by atoms with Crippen LogP contribution in [0.3, 0.4) is 0 Å². The molecule has 1 aromatic heterocycles. The lowest BCUT2D eigenvalue weighted by Crippen LogP contribution is -2.43. The lowest BCUT2D eigenvalue weighted by Gasteiger charge is -2.31. The van der Waals surface area contributed by atoms with E-state index in [1.165, 1.54) is 24.8 Å². The molecule has 0 radical (unpaired) electrons. The SMILES string of the molecule is Cc1noc([C@@H]2CCN(C(=O)NCC(C)(C)C3=CCCCC3)C2)n1. The molecule has 6 heteroatoms. The number of likely N-dealkylation sites (tertiary alicyclic amines) is 1. The zero-order valence-corrected chi connectivity index (χ0v) is 15.0. The number of carbonyl (C=O) groups excluding carboxylic acids is 1. The minimum atomic E-state index is 0.0122. The van der Waals surface area contributed by atoms with Gasteiger partial charge in [0.25, 0.3) is 0 Å². The molecule has 2 amide bonds. The monoisotopic (exact) mass is 332 g/mol. The number of nitrogens with one attached hydrogen (secondary N) is 1. The molecular weight excluding hydrogens is 304 g/mol. The second kappa shape index (κ2) is 6.95. The largest absolute Gasteiger partial charge is 0.339 e. The predicted molar refractivity (Wildman–Crippen MR) is 91.7 cm³/mol. The minimum Gasteiger partial charge on any atom is -0.339 e. The van der Waals surface area contributed by atoms with Crippen LogP contribution in [0.15, 0.2) is 16.2 Å². The van der Waals surface area contributed by atoms with Gasteiger partial charge >= 0.3 is 6.03 Å². The Kier molecular flexibility index (Phi) is 4.92. The molecule has 1 aliphatic carbocycles. The molecule has 1 atom stereocenters. The minimum absolute atomic E-state index is 0.0122. The van der Waals surface area contributed by atoms with E-state index < -0.39 is 0 Å². The molecule has 0 unspecified atom stereocenters. The number of rotatable bonds is 4. The van der Waals surface area contributed by atoms with Crippen molar-refractivity contribution in [1.82, 2.24) is 20.4 Å². The Morgan fingerprint density at radius 2 is 2.29 bits per heavy atom. The topological polar surface area (TPSA) is 71.3 Å². The van der Waals surface area contributed by atoms with Gasteiger partial charge in [-0.25, -0.2) is 4.79 Å². The summed E-state index contributed by atoms with van der Waals surface area (Å²) >= 11 is 0. The fourth-order valence-electron chi connectivity index (χ4n) is 3.60. The van der Waals surface area contributed by atoms with Gasteiger partial charge in [-0.3, -0.25) is 0 Å². The zero-order valence-electron chi connectivity index (χ0n) is 15.0. The average molecular weight is 332 g/mol. The van der Waals surface area contributed by atoms with Crippen LogP contribution < -0.4 is 5.32 Å². The van der Waals surface area contributed by atoms with Crippen LogP contribution in [0.1, 0.15) is 63.6 Å². The van der Waals surface area contributed by atoms with Gasteiger partial charge in [0.15, 0.2) is 5.82 Å². The van der Waals surface area contributed by atoms with Crippen molar-refractivity contribution in [3.05, 3.63) is 23.4 Å². The first-order valence-electron chi connectivity index (χ1n) is 8.98. The fourth-order valence-corrected chi connectivity index (χ4v) is 3.60. The van der Waals surface area contributed by atoms with Crippen LogP contribution in [0, 0.1) is 12.3 Å². The third-order valence-corrected chi connectivity index (χ3v) is 5.21. The number of hydrogen-bond acceptors (Lipinski definition) is 4. The molecule has 0 saturated carbocycles.